The van der Waals surface area contributed by atoms with Gasteiger partial charge >= 0.3 is 0 Å². The van der Waals surface area contributed by atoms with Gasteiger partial charge in [0.15, 0.2) is 5.78 Å². The summed E-state index contributed by atoms with van der Waals surface area (Å²) in [6.07, 6.45) is 3.08. The Bertz CT molecular complexity index is 536. The number of rotatable bonds is 5. The molecule has 0 bridgehead atoms. The van der Waals surface area contributed by atoms with Gasteiger partial charge in [-0.1, -0.05) is 19.4 Å². The van der Waals surface area contributed by atoms with Gasteiger partial charge in [0.2, 0.25) is 10.0 Å². The van der Waals surface area contributed by atoms with E-state index in [-0.39, 0.29) is 17.6 Å². The molecule has 0 N–H and O–H groups in total. The first-order chi connectivity index (χ1) is 8.93. The topological polar surface area (TPSA) is 54.5 Å². The average Bonchev–Trinajstić information content (AvgIpc) is 2.96. The maximum Gasteiger partial charge on any atom is 0.211 e. The average molecular weight is 301 g/mol. The van der Waals surface area contributed by atoms with Gasteiger partial charge < -0.3 is 0 Å². The van der Waals surface area contributed by atoms with Crippen LogP contribution in [0.5, 0.6) is 0 Å². The van der Waals surface area contributed by atoms with E-state index in [0.717, 1.165) is 17.7 Å². The molecule has 1 aromatic heterocycles. The smallest absolute Gasteiger partial charge is 0.211 e. The number of thiophene rings is 1. The summed E-state index contributed by atoms with van der Waals surface area (Å²) in [7, 11) is -3.20. The zero-order valence-corrected chi connectivity index (χ0v) is 12.8. The molecule has 1 aliphatic rings. The fourth-order valence-electron chi connectivity index (χ4n) is 2.66. The fourth-order valence-corrected chi connectivity index (χ4v) is 4.29. The Kier molecular flexibility index (Phi) is 4.43. The van der Waals surface area contributed by atoms with Crippen LogP contribution in [0.3, 0.4) is 0 Å². The Hall–Kier alpha value is -0.720. The summed E-state index contributed by atoms with van der Waals surface area (Å²) < 4.78 is 24.8. The predicted octanol–water partition coefficient (Wildman–Crippen LogP) is 2.24. The number of carbonyl (C=O) groups excluding carboxylic acids is 1. The van der Waals surface area contributed by atoms with E-state index in [9.17, 15) is 13.2 Å². The van der Waals surface area contributed by atoms with Crippen LogP contribution in [0.4, 0.5) is 0 Å². The van der Waals surface area contributed by atoms with Crippen molar-refractivity contribution < 1.29 is 13.2 Å². The third-order valence-electron chi connectivity index (χ3n) is 3.64. The number of sulfonamides is 1. The maximum absolute atomic E-state index is 12.5. The molecule has 1 fully saturated rings. The van der Waals surface area contributed by atoms with Crippen LogP contribution in [0, 0.1) is 11.8 Å². The highest BCUT2D eigenvalue weighted by Gasteiger charge is 2.40. The van der Waals surface area contributed by atoms with Crippen LogP contribution in [0.1, 0.15) is 29.4 Å². The maximum atomic E-state index is 12.5. The molecule has 1 unspecified atom stereocenters. The van der Waals surface area contributed by atoms with Gasteiger partial charge in [-0.3, -0.25) is 4.79 Å². The van der Waals surface area contributed by atoms with E-state index >= 15 is 0 Å². The Balaban J connectivity index is 2.20. The first-order valence-electron chi connectivity index (χ1n) is 6.46. The number of hydrogen-bond acceptors (Lipinski definition) is 4. The van der Waals surface area contributed by atoms with Crippen molar-refractivity contribution in [2.75, 3.05) is 19.3 Å². The predicted molar refractivity (Wildman–Crippen MR) is 77.0 cm³/mol. The second-order valence-corrected chi connectivity index (χ2v) is 8.01. The molecule has 1 aliphatic heterocycles. The highest BCUT2D eigenvalue weighted by atomic mass is 32.2. The summed E-state index contributed by atoms with van der Waals surface area (Å²) in [6.45, 7) is 2.88. The molecule has 1 saturated heterocycles. The lowest BCUT2D eigenvalue weighted by Gasteiger charge is -2.15. The van der Waals surface area contributed by atoms with Gasteiger partial charge in [-0.2, -0.15) is 0 Å². The largest absolute Gasteiger partial charge is 0.293 e. The van der Waals surface area contributed by atoms with E-state index in [1.54, 1.807) is 0 Å². The molecule has 0 radical (unpaired) electrons. The third kappa shape index (κ3) is 3.24. The molecule has 2 atom stereocenters. The van der Waals surface area contributed by atoms with Crippen molar-refractivity contribution in [3.05, 3.63) is 22.4 Å². The molecule has 0 spiro atoms. The zero-order valence-electron chi connectivity index (χ0n) is 11.2. The number of nitrogens with zero attached hydrogens (tertiary/aromatic N) is 1. The molecule has 1 aromatic rings. The van der Waals surface area contributed by atoms with E-state index in [2.05, 4.69) is 6.92 Å². The van der Waals surface area contributed by atoms with Crippen LogP contribution < -0.4 is 0 Å². The van der Waals surface area contributed by atoms with Crippen LogP contribution in [0.25, 0.3) is 0 Å². The first-order valence-corrected chi connectivity index (χ1v) is 9.19. The van der Waals surface area contributed by atoms with Crippen molar-refractivity contribution in [2.45, 2.75) is 19.8 Å². The first kappa shape index (κ1) is 14.7. The summed E-state index contributed by atoms with van der Waals surface area (Å²) in [6, 6.07) is 3.68. The molecular weight excluding hydrogens is 282 g/mol. The van der Waals surface area contributed by atoms with Gasteiger partial charge in [0.05, 0.1) is 11.1 Å². The molecule has 6 heteroatoms. The van der Waals surface area contributed by atoms with Crippen LogP contribution in [0.15, 0.2) is 17.5 Å². The van der Waals surface area contributed by atoms with Gasteiger partial charge in [-0.25, -0.2) is 12.7 Å². The van der Waals surface area contributed by atoms with Crippen LogP contribution in [0.2, 0.25) is 0 Å². The molecule has 0 amide bonds. The van der Waals surface area contributed by atoms with Crippen LogP contribution in [-0.4, -0.2) is 37.9 Å². The van der Waals surface area contributed by atoms with Gasteiger partial charge in [0.1, 0.15) is 0 Å². The Labute approximate surface area is 118 Å². The second-order valence-electron chi connectivity index (χ2n) is 5.08. The lowest BCUT2D eigenvalue weighted by molar-refractivity contribution is 0.0902. The molecule has 2 rings (SSSR count). The van der Waals surface area contributed by atoms with Crippen molar-refractivity contribution in [3.63, 3.8) is 0 Å². The zero-order chi connectivity index (χ0) is 14.0. The number of ketones is 1. The van der Waals surface area contributed by atoms with Gasteiger partial charge in [-0.05, 0) is 23.8 Å². The quantitative estimate of drug-likeness (QED) is 0.784. The Morgan fingerprint density at radius 1 is 1.47 bits per heavy atom. The van der Waals surface area contributed by atoms with Gasteiger partial charge in [0, 0.05) is 19.0 Å². The fraction of sp³-hybridized carbons (Fsp3) is 0.615. The van der Waals surface area contributed by atoms with E-state index in [0.29, 0.717) is 13.1 Å². The van der Waals surface area contributed by atoms with E-state index in [4.69, 9.17) is 0 Å². The molecular formula is C13H19NO3S2. The van der Waals surface area contributed by atoms with Crippen LogP contribution >= 0.6 is 11.3 Å². The van der Waals surface area contributed by atoms with Gasteiger partial charge in [0.25, 0.3) is 0 Å². The molecule has 2 heterocycles. The van der Waals surface area contributed by atoms with E-state index < -0.39 is 10.0 Å². The molecule has 106 valence electrons. The highest BCUT2D eigenvalue weighted by Crippen LogP contribution is 2.32. The summed E-state index contributed by atoms with van der Waals surface area (Å²) in [4.78, 5) is 13.2. The molecule has 19 heavy (non-hydrogen) atoms. The Morgan fingerprint density at radius 2 is 2.21 bits per heavy atom. The summed E-state index contributed by atoms with van der Waals surface area (Å²) >= 11 is 1.43. The van der Waals surface area contributed by atoms with E-state index in [1.165, 1.54) is 21.9 Å². The minimum atomic E-state index is -3.20. The Morgan fingerprint density at radius 3 is 2.74 bits per heavy atom. The lowest BCUT2D eigenvalue weighted by atomic mass is 9.88. The number of Topliss-reactive ketones (excluding diaryl/α,β-unsaturated/α-hetero) is 1. The molecule has 0 saturated carbocycles. The highest BCUT2D eigenvalue weighted by molar-refractivity contribution is 7.88. The monoisotopic (exact) mass is 301 g/mol. The van der Waals surface area contributed by atoms with Crippen molar-refractivity contribution in [1.29, 1.82) is 0 Å². The summed E-state index contributed by atoms with van der Waals surface area (Å²) in [5.41, 5.74) is 0. The SMILES string of the molecule is CCC[C@H]1CN(S(C)(=O)=O)CC1C(=O)c1cccs1. The molecule has 0 aliphatic carbocycles. The molecule has 4 nitrogen and oxygen atoms in total. The van der Waals surface area contributed by atoms with Crippen LogP contribution in [-0.2, 0) is 10.0 Å². The van der Waals surface area contributed by atoms with E-state index in [1.807, 2.05) is 17.5 Å². The van der Waals surface area contributed by atoms with Crippen molar-refractivity contribution in [3.8, 4) is 0 Å². The van der Waals surface area contributed by atoms with Crippen molar-refractivity contribution in [1.82, 2.24) is 4.31 Å². The second kappa shape index (κ2) is 5.73. The third-order valence-corrected chi connectivity index (χ3v) is 5.76. The summed E-state index contributed by atoms with van der Waals surface area (Å²) in [5, 5.41) is 1.88. The minimum absolute atomic E-state index is 0.0969. The van der Waals surface area contributed by atoms with Crippen molar-refractivity contribution >= 4 is 27.1 Å². The van der Waals surface area contributed by atoms with Crippen molar-refractivity contribution in [2.24, 2.45) is 11.8 Å². The number of hydrogen-bond donors (Lipinski definition) is 0. The molecule has 0 aromatic carbocycles. The normalized spacial score (nSPS) is 24.7. The summed E-state index contributed by atoms with van der Waals surface area (Å²) in [5.74, 6) is 0.0576. The minimum Gasteiger partial charge on any atom is -0.293 e. The van der Waals surface area contributed by atoms with Gasteiger partial charge in [-0.15, -0.1) is 11.3 Å². The standard InChI is InChI=1S/C13H19NO3S2/c1-3-5-10-8-14(19(2,16)17)9-11(10)13(15)12-6-4-7-18-12/h4,6-7,10-11H,3,5,8-9H2,1-2H3/t10-,11?/m0/s1. The lowest BCUT2D eigenvalue weighted by Crippen LogP contribution is -2.28. The number of carbonyl (C=O) groups is 1.